The van der Waals surface area contributed by atoms with E-state index in [0.717, 1.165) is 24.4 Å². The second-order valence-electron chi connectivity index (χ2n) is 6.29. The molecule has 0 amide bonds. The van der Waals surface area contributed by atoms with Crippen LogP contribution in [0.5, 0.6) is 0 Å². The van der Waals surface area contributed by atoms with Crippen molar-refractivity contribution in [1.29, 1.82) is 0 Å². The number of hydrogen-bond donors (Lipinski definition) is 1. The van der Waals surface area contributed by atoms with E-state index in [9.17, 15) is 0 Å². The monoisotopic (exact) mass is 301 g/mol. The van der Waals surface area contributed by atoms with Crippen LogP contribution in [-0.2, 0) is 13.0 Å². The summed E-state index contributed by atoms with van der Waals surface area (Å²) in [6.45, 7) is 7.52. The van der Waals surface area contributed by atoms with Crippen LogP contribution in [0.4, 0.5) is 0 Å². The van der Waals surface area contributed by atoms with E-state index in [1.54, 1.807) is 0 Å². The first-order valence-electron chi connectivity index (χ1n) is 7.50. The fourth-order valence-corrected chi connectivity index (χ4v) is 2.61. The van der Waals surface area contributed by atoms with Gasteiger partial charge in [-0.1, -0.05) is 48.0 Å². The zero-order chi connectivity index (χ0) is 15.3. The Hall–Kier alpha value is -1.31. The average Bonchev–Trinajstić information content (AvgIpc) is 2.45. The highest BCUT2D eigenvalue weighted by Crippen LogP contribution is 2.18. The first kappa shape index (κ1) is 16.1. The second kappa shape index (κ2) is 7.11. The number of halogens is 1. The summed E-state index contributed by atoms with van der Waals surface area (Å²) < 4.78 is 0. The highest BCUT2D eigenvalue weighted by atomic mass is 35.5. The van der Waals surface area contributed by atoms with Crippen molar-refractivity contribution in [2.24, 2.45) is 0 Å². The van der Waals surface area contributed by atoms with Crippen LogP contribution in [0.3, 0.4) is 0 Å². The van der Waals surface area contributed by atoms with Crippen LogP contribution < -0.4 is 5.32 Å². The molecule has 0 radical (unpaired) electrons. The van der Waals surface area contributed by atoms with Gasteiger partial charge in [0.15, 0.2) is 0 Å². The Morgan fingerprint density at radius 2 is 1.76 bits per heavy atom. The summed E-state index contributed by atoms with van der Waals surface area (Å²) >= 11 is 6.00. The predicted molar refractivity (Wildman–Crippen MR) is 91.9 cm³/mol. The molecule has 0 bridgehead atoms. The summed E-state index contributed by atoms with van der Waals surface area (Å²) in [6, 6.07) is 16.8. The molecule has 0 saturated carbocycles. The third-order valence-electron chi connectivity index (χ3n) is 3.94. The van der Waals surface area contributed by atoms with Crippen molar-refractivity contribution in [2.75, 3.05) is 0 Å². The van der Waals surface area contributed by atoms with Gasteiger partial charge in [-0.2, -0.15) is 0 Å². The van der Waals surface area contributed by atoms with Crippen LogP contribution in [0, 0.1) is 6.92 Å². The van der Waals surface area contributed by atoms with Crippen LogP contribution in [0.1, 0.15) is 37.0 Å². The molecule has 2 heteroatoms. The first-order chi connectivity index (χ1) is 9.96. The average molecular weight is 302 g/mol. The van der Waals surface area contributed by atoms with E-state index >= 15 is 0 Å². The number of rotatable bonds is 6. The van der Waals surface area contributed by atoms with Crippen LogP contribution in [-0.4, -0.2) is 5.54 Å². The maximum atomic E-state index is 6.00. The van der Waals surface area contributed by atoms with Gasteiger partial charge in [-0.25, -0.2) is 0 Å². The standard InChI is InChI=1S/C19H24ClN/c1-15-13-18(20)10-9-17(15)14-21-19(2,3)12-11-16-7-5-4-6-8-16/h4-10,13,21H,11-12,14H2,1-3H3. The molecule has 0 saturated heterocycles. The van der Waals surface area contributed by atoms with Crippen LogP contribution in [0.2, 0.25) is 5.02 Å². The van der Waals surface area contributed by atoms with E-state index in [1.165, 1.54) is 16.7 Å². The fourth-order valence-electron chi connectivity index (χ4n) is 2.38. The minimum atomic E-state index is 0.113. The molecule has 0 fully saturated rings. The van der Waals surface area contributed by atoms with E-state index in [4.69, 9.17) is 11.6 Å². The summed E-state index contributed by atoms with van der Waals surface area (Å²) in [5.74, 6) is 0. The second-order valence-corrected chi connectivity index (χ2v) is 6.73. The van der Waals surface area contributed by atoms with Gasteiger partial charge < -0.3 is 5.32 Å². The molecule has 0 aromatic heterocycles. The van der Waals surface area contributed by atoms with Gasteiger partial charge in [-0.05, 0) is 62.4 Å². The SMILES string of the molecule is Cc1cc(Cl)ccc1CNC(C)(C)CCc1ccccc1. The van der Waals surface area contributed by atoms with Crippen LogP contribution in [0.25, 0.3) is 0 Å². The number of benzene rings is 2. The first-order valence-corrected chi connectivity index (χ1v) is 7.88. The summed E-state index contributed by atoms with van der Waals surface area (Å²) in [6.07, 6.45) is 2.21. The molecule has 0 aliphatic heterocycles. The summed E-state index contributed by atoms with van der Waals surface area (Å²) in [7, 11) is 0. The Labute approximate surface area is 133 Å². The fraction of sp³-hybridized carbons (Fsp3) is 0.368. The maximum absolute atomic E-state index is 6.00. The predicted octanol–water partition coefficient (Wildman–Crippen LogP) is 5.15. The maximum Gasteiger partial charge on any atom is 0.0408 e. The number of nitrogens with one attached hydrogen (secondary N) is 1. The molecule has 2 rings (SSSR count). The van der Waals surface area contributed by atoms with Gasteiger partial charge >= 0.3 is 0 Å². The number of aryl methyl sites for hydroxylation is 2. The zero-order valence-corrected chi connectivity index (χ0v) is 13.9. The largest absolute Gasteiger partial charge is 0.308 e. The Balaban J connectivity index is 1.88. The van der Waals surface area contributed by atoms with Gasteiger partial charge in [-0.3, -0.25) is 0 Å². The van der Waals surface area contributed by atoms with Gasteiger partial charge in [0.25, 0.3) is 0 Å². The summed E-state index contributed by atoms with van der Waals surface area (Å²) in [5.41, 5.74) is 4.07. The topological polar surface area (TPSA) is 12.0 Å². The molecule has 0 aliphatic carbocycles. The molecule has 0 atom stereocenters. The van der Waals surface area contributed by atoms with E-state index < -0.39 is 0 Å². The third-order valence-corrected chi connectivity index (χ3v) is 4.18. The highest BCUT2D eigenvalue weighted by Gasteiger charge is 2.17. The van der Waals surface area contributed by atoms with Crippen LogP contribution in [0.15, 0.2) is 48.5 Å². The van der Waals surface area contributed by atoms with E-state index in [-0.39, 0.29) is 5.54 Å². The molecule has 1 nitrogen and oxygen atoms in total. The minimum absolute atomic E-state index is 0.113. The lowest BCUT2D eigenvalue weighted by molar-refractivity contribution is 0.360. The van der Waals surface area contributed by atoms with Gasteiger partial charge in [0, 0.05) is 17.1 Å². The lowest BCUT2D eigenvalue weighted by Crippen LogP contribution is -2.39. The van der Waals surface area contributed by atoms with E-state index in [0.29, 0.717) is 0 Å². The molecule has 0 heterocycles. The molecular formula is C19H24ClN. The lowest BCUT2D eigenvalue weighted by Gasteiger charge is -2.27. The molecule has 21 heavy (non-hydrogen) atoms. The lowest BCUT2D eigenvalue weighted by atomic mass is 9.94. The molecule has 0 spiro atoms. The van der Waals surface area contributed by atoms with Crippen molar-refractivity contribution in [3.8, 4) is 0 Å². The van der Waals surface area contributed by atoms with Gasteiger partial charge in [0.2, 0.25) is 0 Å². The van der Waals surface area contributed by atoms with E-state index in [2.05, 4.69) is 62.5 Å². The van der Waals surface area contributed by atoms with Gasteiger partial charge in [-0.15, -0.1) is 0 Å². The van der Waals surface area contributed by atoms with Crippen molar-refractivity contribution in [3.63, 3.8) is 0 Å². The quantitative estimate of drug-likeness (QED) is 0.778. The Morgan fingerprint density at radius 1 is 1.05 bits per heavy atom. The molecule has 1 N–H and O–H groups in total. The minimum Gasteiger partial charge on any atom is -0.308 e. The molecule has 0 aliphatic rings. The smallest absolute Gasteiger partial charge is 0.0408 e. The van der Waals surface area contributed by atoms with Crippen molar-refractivity contribution >= 4 is 11.6 Å². The van der Waals surface area contributed by atoms with Gasteiger partial charge in [0.1, 0.15) is 0 Å². The molecular weight excluding hydrogens is 278 g/mol. The molecule has 2 aromatic carbocycles. The highest BCUT2D eigenvalue weighted by molar-refractivity contribution is 6.30. The van der Waals surface area contributed by atoms with Crippen molar-refractivity contribution in [3.05, 3.63) is 70.2 Å². The Morgan fingerprint density at radius 3 is 2.43 bits per heavy atom. The zero-order valence-electron chi connectivity index (χ0n) is 13.1. The molecule has 0 unspecified atom stereocenters. The van der Waals surface area contributed by atoms with Crippen molar-refractivity contribution < 1.29 is 0 Å². The third kappa shape index (κ3) is 5.18. The molecule has 2 aromatic rings. The summed E-state index contributed by atoms with van der Waals surface area (Å²) in [4.78, 5) is 0. The normalized spacial score (nSPS) is 11.6. The van der Waals surface area contributed by atoms with Gasteiger partial charge in [0.05, 0.1) is 0 Å². The Bertz CT molecular complexity index is 575. The van der Waals surface area contributed by atoms with Crippen LogP contribution >= 0.6 is 11.6 Å². The van der Waals surface area contributed by atoms with Crippen molar-refractivity contribution in [1.82, 2.24) is 5.32 Å². The molecule has 112 valence electrons. The number of hydrogen-bond acceptors (Lipinski definition) is 1. The van der Waals surface area contributed by atoms with E-state index in [1.807, 2.05) is 12.1 Å². The summed E-state index contributed by atoms with van der Waals surface area (Å²) in [5, 5.41) is 4.47. The Kier molecular flexibility index (Phi) is 5.44. The van der Waals surface area contributed by atoms with Crippen molar-refractivity contribution in [2.45, 2.75) is 45.7 Å².